The minimum absolute atomic E-state index is 0.0603. The zero-order valence-electron chi connectivity index (χ0n) is 15.4. The lowest BCUT2D eigenvalue weighted by atomic mass is 9.86. The molecule has 1 aliphatic heterocycles. The van der Waals surface area contributed by atoms with E-state index < -0.39 is 5.97 Å². The van der Waals surface area contributed by atoms with Crippen LogP contribution >= 0.6 is 0 Å². The molecule has 2 aromatic carbocycles. The molecule has 1 heterocycles. The predicted molar refractivity (Wildman–Crippen MR) is 107 cm³/mol. The number of aromatic carboxylic acids is 1. The van der Waals surface area contributed by atoms with Crippen molar-refractivity contribution < 1.29 is 19.4 Å². The standard InChI is InChI=1S/C23H18O5/c1-12(2)19-9-13(23(26)27)3-6-16(19)22-17-7-4-14(24)10-20(17)28-21-11-15(25)5-8-18(21)22/h3-12,24H,1-2H3,(H,26,27). The molecule has 2 N–H and O–H groups in total. The maximum atomic E-state index is 11.9. The van der Waals surface area contributed by atoms with Crippen LogP contribution in [0.3, 0.4) is 0 Å². The van der Waals surface area contributed by atoms with Crippen molar-refractivity contribution in [1.29, 1.82) is 0 Å². The van der Waals surface area contributed by atoms with Crippen LogP contribution < -0.4 is 5.43 Å². The first kappa shape index (κ1) is 17.8. The van der Waals surface area contributed by atoms with Crippen LogP contribution in [-0.4, -0.2) is 16.2 Å². The third-order valence-corrected chi connectivity index (χ3v) is 4.87. The second kappa shape index (κ2) is 6.53. The Morgan fingerprint density at radius 1 is 0.964 bits per heavy atom. The topological polar surface area (TPSA) is 87.7 Å². The molecular formula is C23H18O5. The summed E-state index contributed by atoms with van der Waals surface area (Å²) in [5, 5.41) is 20.0. The average molecular weight is 374 g/mol. The molecule has 0 amide bonds. The summed E-state index contributed by atoms with van der Waals surface area (Å²) in [6.45, 7) is 4.01. The van der Waals surface area contributed by atoms with Crippen molar-refractivity contribution in [2.75, 3.05) is 0 Å². The Bertz CT molecular complexity index is 1250. The molecule has 5 heteroatoms. The predicted octanol–water partition coefficient (Wildman–Crippen LogP) is 5.09. The molecular weight excluding hydrogens is 356 g/mol. The SMILES string of the molecule is CC(C)c1cc(C(=O)O)ccc1-c1c2ccc(=O)cc-2oc2cc(O)ccc12. The monoisotopic (exact) mass is 374 g/mol. The fraction of sp³-hybridized carbons (Fsp3) is 0.130. The number of carboxylic acid groups (broad SMARTS) is 1. The van der Waals surface area contributed by atoms with Crippen molar-refractivity contribution in [2.45, 2.75) is 19.8 Å². The van der Waals surface area contributed by atoms with Gasteiger partial charge in [-0.15, -0.1) is 0 Å². The highest BCUT2D eigenvalue weighted by molar-refractivity contribution is 6.03. The van der Waals surface area contributed by atoms with Gasteiger partial charge in [0.15, 0.2) is 5.43 Å². The average Bonchev–Trinajstić information content (AvgIpc) is 2.65. The number of phenolic OH excluding ortho intramolecular Hbond substituents is 1. The van der Waals surface area contributed by atoms with Gasteiger partial charge in [0, 0.05) is 28.6 Å². The van der Waals surface area contributed by atoms with Crippen molar-refractivity contribution >= 4 is 16.9 Å². The Labute approximate surface area is 160 Å². The Balaban J connectivity index is 2.16. The van der Waals surface area contributed by atoms with Gasteiger partial charge in [0.25, 0.3) is 0 Å². The summed E-state index contributed by atoms with van der Waals surface area (Å²) < 4.78 is 5.88. The summed E-state index contributed by atoms with van der Waals surface area (Å²) in [5.74, 6) is -0.428. The maximum Gasteiger partial charge on any atom is 0.335 e. The summed E-state index contributed by atoms with van der Waals surface area (Å²) in [6.07, 6.45) is 0. The van der Waals surface area contributed by atoms with Crippen LogP contribution in [0.15, 0.2) is 63.8 Å². The molecule has 2 aliphatic rings. The van der Waals surface area contributed by atoms with E-state index in [1.165, 1.54) is 18.2 Å². The van der Waals surface area contributed by atoms with Gasteiger partial charge in [0.1, 0.15) is 17.1 Å². The molecule has 0 saturated carbocycles. The molecule has 28 heavy (non-hydrogen) atoms. The van der Waals surface area contributed by atoms with Crippen LogP contribution in [0.5, 0.6) is 5.75 Å². The van der Waals surface area contributed by atoms with E-state index in [1.54, 1.807) is 36.4 Å². The van der Waals surface area contributed by atoms with Crippen LogP contribution in [0.25, 0.3) is 33.4 Å². The Morgan fingerprint density at radius 3 is 2.43 bits per heavy atom. The van der Waals surface area contributed by atoms with Crippen molar-refractivity contribution in [3.05, 3.63) is 75.9 Å². The molecule has 0 atom stereocenters. The normalized spacial score (nSPS) is 11.4. The van der Waals surface area contributed by atoms with E-state index >= 15 is 0 Å². The summed E-state index contributed by atoms with van der Waals surface area (Å²) in [6, 6.07) is 14.5. The lowest BCUT2D eigenvalue weighted by molar-refractivity contribution is 0.0697. The Morgan fingerprint density at radius 2 is 1.71 bits per heavy atom. The summed E-state index contributed by atoms with van der Waals surface area (Å²) in [4.78, 5) is 23.3. The first-order chi connectivity index (χ1) is 13.3. The van der Waals surface area contributed by atoms with E-state index in [1.807, 2.05) is 13.8 Å². The number of carbonyl (C=O) groups is 1. The molecule has 0 unspecified atom stereocenters. The molecule has 1 aliphatic carbocycles. The highest BCUT2D eigenvalue weighted by Crippen LogP contribution is 2.43. The van der Waals surface area contributed by atoms with Crippen LogP contribution in [0, 0.1) is 0 Å². The number of hydrogen-bond acceptors (Lipinski definition) is 4. The van der Waals surface area contributed by atoms with Crippen molar-refractivity contribution in [3.8, 4) is 28.2 Å². The molecule has 0 spiro atoms. The van der Waals surface area contributed by atoms with Gasteiger partial charge in [-0.1, -0.05) is 19.9 Å². The Hall–Kier alpha value is -3.60. The van der Waals surface area contributed by atoms with Crippen molar-refractivity contribution in [1.82, 2.24) is 0 Å². The minimum Gasteiger partial charge on any atom is -0.508 e. The highest BCUT2D eigenvalue weighted by atomic mass is 16.4. The zero-order valence-corrected chi connectivity index (χ0v) is 15.4. The van der Waals surface area contributed by atoms with Gasteiger partial charge in [-0.2, -0.15) is 0 Å². The molecule has 0 saturated heterocycles. The summed E-state index contributed by atoms with van der Waals surface area (Å²) in [7, 11) is 0. The first-order valence-electron chi connectivity index (χ1n) is 8.92. The zero-order chi connectivity index (χ0) is 20.0. The lowest BCUT2D eigenvalue weighted by Crippen LogP contribution is -2.03. The van der Waals surface area contributed by atoms with Crippen LogP contribution in [-0.2, 0) is 0 Å². The third kappa shape index (κ3) is 2.91. The number of rotatable bonds is 3. The smallest absolute Gasteiger partial charge is 0.335 e. The second-order valence-corrected chi connectivity index (χ2v) is 7.08. The first-order valence-corrected chi connectivity index (χ1v) is 8.92. The van der Waals surface area contributed by atoms with Gasteiger partial charge in [-0.05, 0) is 53.4 Å². The fourth-order valence-corrected chi connectivity index (χ4v) is 3.55. The quantitative estimate of drug-likeness (QED) is 0.488. The van der Waals surface area contributed by atoms with Crippen LogP contribution in [0.2, 0.25) is 0 Å². The molecule has 0 radical (unpaired) electrons. The van der Waals surface area contributed by atoms with Crippen molar-refractivity contribution in [3.63, 3.8) is 0 Å². The van der Waals surface area contributed by atoms with Gasteiger partial charge in [-0.25, -0.2) is 4.79 Å². The number of carboxylic acids is 1. The van der Waals surface area contributed by atoms with Gasteiger partial charge < -0.3 is 14.6 Å². The minimum atomic E-state index is -0.979. The molecule has 4 rings (SSSR count). The molecule has 140 valence electrons. The van der Waals surface area contributed by atoms with E-state index in [0.717, 1.165) is 27.6 Å². The van der Waals surface area contributed by atoms with E-state index in [-0.39, 0.29) is 22.7 Å². The number of hydrogen-bond donors (Lipinski definition) is 2. The molecule has 0 aromatic heterocycles. The molecule has 0 bridgehead atoms. The van der Waals surface area contributed by atoms with Crippen LogP contribution in [0.4, 0.5) is 0 Å². The lowest BCUT2D eigenvalue weighted by Gasteiger charge is -2.19. The van der Waals surface area contributed by atoms with Gasteiger partial charge in [-0.3, -0.25) is 4.79 Å². The Kier molecular flexibility index (Phi) is 4.15. The van der Waals surface area contributed by atoms with Gasteiger partial charge in [0.2, 0.25) is 0 Å². The van der Waals surface area contributed by atoms with E-state index in [9.17, 15) is 19.8 Å². The summed E-state index contributed by atoms with van der Waals surface area (Å²) in [5.41, 5.74) is 3.85. The summed E-state index contributed by atoms with van der Waals surface area (Å²) >= 11 is 0. The van der Waals surface area contributed by atoms with E-state index in [2.05, 4.69) is 0 Å². The fourth-order valence-electron chi connectivity index (χ4n) is 3.55. The number of aromatic hydroxyl groups is 1. The second-order valence-electron chi connectivity index (χ2n) is 7.08. The number of phenols is 1. The van der Waals surface area contributed by atoms with Gasteiger partial charge >= 0.3 is 5.97 Å². The molecule has 5 nitrogen and oxygen atoms in total. The number of benzene rings is 3. The molecule has 0 fully saturated rings. The largest absolute Gasteiger partial charge is 0.508 e. The number of fused-ring (bicyclic) bond motifs is 2. The van der Waals surface area contributed by atoms with Crippen molar-refractivity contribution in [2.24, 2.45) is 0 Å². The van der Waals surface area contributed by atoms with Gasteiger partial charge in [0.05, 0.1) is 5.56 Å². The highest BCUT2D eigenvalue weighted by Gasteiger charge is 2.21. The van der Waals surface area contributed by atoms with Crippen LogP contribution in [0.1, 0.15) is 35.7 Å². The van der Waals surface area contributed by atoms with E-state index in [4.69, 9.17) is 4.42 Å². The maximum absolute atomic E-state index is 11.9. The van der Waals surface area contributed by atoms with E-state index in [0.29, 0.717) is 11.3 Å². The molecule has 2 aromatic rings. The third-order valence-electron chi connectivity index (χ3n) is 4.87.